The van der Waals surface area contributed by atoms with E-state index in [0.29, 0.717) is 18.4 Å². The Kier molecular flexibility index (Phi) is 2.15. The molecular formula is C8H13N3O2. The van der Waals surface area contributed by atoms with E-state index in [-0.39, 0.29) is 18.4 Å². The highest BCUT2D eigenvalue weighted by Crippen LogP contribution is 2.37. The van der Waals surface area contributed by atoms with Gasteiger partial charge in [0.15, 0.2) is 6.29 Å². The van der Waals surface area contributed by atoms with Crippen LogP contribution >= 0.6 is 0 Å². The Morgan fingerprint density at radius 3 is 2.85 bits per heavy atom. The molecule has 2 fully saturated rings. The first-order chi connectivity index (χ1) is 6.24. The third-order valence-electron chi connectivity index (χ3n) is 3.15. The number of nitrogens with zero attached hydrogens (tertiary/aromatic N) is 3. The van der Waals surface area contributed by atoms with E-state index in [1.807, 2.05) is 0 Å². The second kappa shape index (κ2) is 3.18. The summed E-state index contributed by atoms with van der Waals surface area (Å²) in [5.74, 6) is 0.733. The number of hydrogen-bond donors (Lipinski definition) is 0. The standard InChI is InChI=1S/C8H13N3O2/c1-4-5(2)7(10-11-9)8-12-3-6(4)13-8/h4-8H,3H2,1-2H3/t4-,5-,6?,7?,8+/m0/s1. The summed E-state index contributed by atoms with van der Waals surface area (Å²) >= 11 is 0. The largest absolute Gasteiger partial charge is 0.349 e. The van der Waals surface area contributed by atoms with Gasteiger partial charge in [0.05, 0.1) is 18.8 Å². The fourth-order valence-corrected chi connectivity index (χ4v) is 2.01. The summed E-state index contributed by atoms with van der Waals surface area (Å²) in [5, 5.41) is 3.72. The van der Waals surface area contributed by atoms with Crippen LogP contribution in [0.5, 0.6) is 0 Å². The van der Waals surface area contributed by atoms with Gasteiger partial charge in [0, 0.05) is 4.91 Å². The van der Waals surface area contributed by atoms with E-state index in [9.17, 15) is 0 Å². The normalized spacial score (nSPS) is 48.6. The fraction of sp³-hybridized carbons (Fsp3) is 1.00. The smallest absolute Gasteiger partial charge is 0.166 e. The molecule has 13 heavy (non-hydrogen) atoms. The van der Waals surface area contributed by atoms with Crippen molar-refractivity contribution in [3.63, 3.8) is 0 Å². The van der Waals surface area contributed by atoms with Crippen LogP contribution in [-0.4, -0.2) is 25.0 Å². The molecular weight excluding hydrogens is 170 g/mol. The van der Waals surface area contributed by atoms with Crippen LogP contribution in [0.2, 0.25) is 0 Å². The van der Waals surface area contributed by atoms with Crippen molar-refractivity contribution in [1.82, 2.24) is 0 Å². The average Bonchev–Trinajstić information content (AvgIpc) is 2.56. The highest BCUT2D eigenvalue weighted by molar-refractivity contribution is 4.92. The summed E-state index contributed by atoms with van der Waals surface area (Å²) in [6.45, 7) is 4.83. The molecule has 2 bridgehead atoms. The van der Waals surface area contributed by atoms with Gasteiger partial charge in [0.25, 0.3) is 0 Å². The van der Waals surface area contributed by atoms with Crippen molar-refractivity contribution in [2.75, 3.05) is 6.61 Å². The topological polar surface area (TPSA) is 67.2 Å². The maximum Gasteiger partial charge on any atom is 0.166 e. The molecule has 0 saturated carbocycles. The number of fused-ring (bicyclic) bond motifs is 2. The fourth-order valence-electron chi connectivity index (χ4n) is 2.01. The van der Waals surface area contributed by atoms with Crippen molar-refractivity contribution in [3.05, 3.63) is 10.4 Å². The first-order valence-electron chi connectivity index (χ1n) is 4.55. The highest BCUT2D eigenvalue weighted by atomic mass is 16.7. The lowest BCUT2D eigenvalue weighted by Crippen LogP contribution is -2.43. The summed E-state index contributed by atoms with van der Waals surface area (Å²) in [4.78, 5) is 2.83. The number of hydrogen-bond acceptors (Lipinski definition) is 3. The lowest BCUT2D eigenvalue weighted by Gasteiger charge is -2.35. The molecule has 0 aromatic rings. The van der Waals surface area contributed by atoms with Crippen LogP contribution in [0.4, 0.5) is 0 Å². The van der Waals surface area contributed by atoms with Crippen LogP contribution < -0.4 is 0 Å². The lowest BCUT2D eigenvalue weighted by atomic mass is 9.84. The zero-order chi connectivity index (χ0) is 9.42. The van der Waals surface area contributed by atoms with Gasteiger partial charge in [-0.25, -0.2) is 0 Å². The summed E-state index contributed by atoms with van der Waals surface area (Å²) in [6, 6.07) is -0.168. The van der Waals surface area contributed by atoms with Gasteiger partial charge >= 0.3 is 0 Å². The molecule has 2 saturated heterocycles. The lowest BCUT2D eigenvalue weighted by molar-refractivity contribution is -0.127. The quantitative estimate of drug-likeness (QED) is 0.352. The van der Waals surface area contributed by atoms with Crippen molar-refractivity contribution in [2.45, 2.75) is 32.3 Å². The Balaban J connectivity index is 2.21. The summed E-state index contributed by atoms with van der Waals surface area (Å²) < 4.78 is 11.0. The van der Waals surface area contributed by atoms with E-state index in [4.69, 9.17) is 15.0 Å². The van der Waals surface area contributed by atoms with E-state index >= 15 is 0 Å². The minimum atomic E-state index is -0.313. The van der Waals surface area contributed by atoms with Crippen molar-refractivity contribution in [3.8, 4) is 0 Å². The van der Waals surface area contributed by atoms with Crippen LogP contribution in [0, 0.1) is 11.8 Å². The SMILES string of the molecule is C[C@@H]1C2CO[C@H](O2)C(N=[N+]=[N-])[C@H]1C. The zero-order valence-corrected chi connectivity index (χ0v) is 7.75. The minimum Gasteiger partial charge on any atom is -0.349 e. The van der Waals surface area contributed by atoms with E-state index in [2.05, 4.69) is 23.9 Å². The Bertz CT molecular complexity index is 252. The van der Waals surface area contributed by atoms with Gasteiger partial charge in [-0.2, -0.15) is 0 Å². The highest BCUT2D eigenvalue weighted by Gasteiger charge is 2.46. The summed E-state index contributed by atoms with van der Waals surface area (Å²) in [7, 11) is 0. The van der Waals surface area contributed by atoms with Gasteiger partial charge in [0.1, 0.15) is 0 Å². The summed E-state index contributed by atoms with van der Waals surface area (Å²) in [5.41, 5.74) is 8.40. The van der Waals surface area contributed by atoms with Crippen molar-refractivity contribution in [2.24, 2.45) is 17.0 Å². The molecule has 2 heterocycles. The Hall–Kier alpha value is -0.770. The number of rotatable bonds is 1. The van der Waals surface area contributed by atoms with Gasteiger partial charge in [-0.15, -0.1) is 0 Å². The molecule has 0 aromatic carbocycles. The zero-order valence-electron chi connectivity index (χ0n) is 7.75. The van der Waals surface area contributed by atoms with Crippen LogP contribution in [0.15, 0.2) is 5.11 Å². The van der Waals surface area contributed by atoms with E-state index in [1.165, 1.54) is 0 Å². The first-order valence-corrected chi connectivity index (χ1v) is 4.55. The number of ether oxygens (including phenoxy) is 2. The van der Waals surface area contributed by atoms with E-state index in [1.54, 1.807) is 0 Å². The molecule has 0 spiro atoms. The Morgan fingerprint density at radius 1 is 1.38 bits per heavy atom. The van der Waals surface area contributed by atoms with Crippen LogP contribution in [-0.2, 0) is 9.47 Å². The first kappa shape index (κ1) is 8.81. The second-order valence-electron chi connectivity index (χ2n) is 3.79. The predicted molar refractivity (Wildman–Crippen MR) is 45.9 cm³/mol. The molecule has 2 unspecified atom stereocenters. The Labute approximate surface area is 76.6 Å². The molecule has 2 aliphatic rings. The molecule has 0 N–H and O–H groups in total. The van der Waals surface area contributed by atoms with Crippen molar-refractivity contribution >= 4 is 0 Å². The molecule has 72 valence electrons. The molecule has 5 nitrogen and oxygen atoms in total. The van der Waals surface area contributed by atoms with Crippen molar-refractivity contribution < 1.29 is 9.47 Å². The molecule has 5 atom stereocenters. The third kappa shape index (κ3) is 1.29. The van der Waals surface area contributed by atoms with Crippen LogP contribution in [0.25, 0.3) is 10.4 Å². The summed E-state index contributed by atoms with van der Waals surface area (Å²) in [6.07, 6.45) is -0.128. The Morgan fingerprint density at radius 2 is 2.15 bits per heavy atom. The maximum atomic E-state index is 8.40. The van der Waals surface area contributed by atoms with Gasteiger partial charge in [-0.3, -0.25) is 0 Å². The average molecular weight is 183 g/mol. The molecule has 0 amide bonds. The third-order valence-corrected chi connectivity index (χ3v) is 3.15. The molecule has 0 radical (unpaired) electrons. The molecule has 0 aromatic heterocycles. The minimum absolute atomic E-state index is 0.168. The second-order valence-corrected chi connectivity index (χ2v) is 3.79. The van der Waals surface area contributed by atoms with Crippen molar-refractivity contribution in [1.29, 1.82) is 0 Å². The molecule has 0 aliphatic carbocycles. The molecule has 2 aliphatic heterocycles. The van der Waals surface area contributed by atoms with E-state index < -0.39 is 0 Å². The molecule has 2 rings (SSSR count). The predicted octanol–water partition coefficient (Wildman–Crippen LogP) is 1.69. The van der Waals surface area contributed by atoms with Gasteiger partial charge in [-0.05, 0) is 17.4 Å². The monoisotopic (exact) mass is 183 g/mol. The van der Waals surface area contributed by atoms with E-state index in [0.717, 1.165) is 0 Å². The number of azide groups is 1. The molecule has 5 heteroatoms. The van der Waals surface area contributed by atoms with Gasteiger partial charge in [0.2, 0.25) is 0 Å². The van der Waals surface area contributed by atoms with Gasteiger partial charge < -0.3 is 9.47 Å². The van der Waals surface area contributed by atoms with Crippen LogP contribution in [0.1, 0.15) is 13.8 Å². The van der Waals surface area contributed by atoms with Crippen LogP contribution in [0.3, 0.4) is 0 Å². The maximum absolute atomic E-state index is 8.40. The van der Waals surface area contributed by atoms with Gasteiger partial charge in [-0.1, -0.05) is 19.0 Å².